The first-order chi connectivity index (χ1) is 15.9. The molecule has 174 valence electrons. The van der Waals surface area contributed by atoms with Crippen molar-refractivity contribution < 1.29 is 33.3 Å². The molecule has 2 aromatic carbocycles. The second-order valence-electron chi connectivity index (χ2n) is 7.78. The summed E-state index contributed by atoms with van der Waals surface area (Å²) < 4.78 is 21.7. The molecule has 2 aromatic rings. The van der Waals surface area contributed by atoms with E-state index in [1.54, 1.807) is 43.3 Å². The van der Waals surface area contributed by atoms with Gasteiger partial charge >= 0.3 is 6.03 Å². The number of ether oxygens (including phenoxy) is 4. The molecular formula is C23H25N3O7. The van der Waals surface area contributed by atoms with Gasteiger partial charge in [-0.05, 0) is 36.8 Å². The summed E-state index contributed by atoms with van der Waals surface area (Å²) >= 11 is 0. The molecule has 0 spiro atoms. The number of carbonyl (C=O) groups is 3. The molecule has 2 aliphatic rings. The van der Waals surface area contributed by atoms with Gasteiger partial charge in [0.05, 0.1) is 27.4 Å². The van der Waals surface area contributed by atoms with E-state index in [9.17, 15) is 14.4 Å². The van der Waals surface area contributed by atoms with Crippen molar-refractivity contribution in [2.45, 2.75) is 18.9 Å². The first-order valence-electron chi connectivity index (χ1n) is 10.4. The first-order valence-corrected chi connectivity index (χ1v) is 10.4. The molecule has 0 bridgehead atoms. The van der Waals surface area contributed by atoms with Gasteiger partial charge in [-0.1, -0.05) is 6.07 Å². The zero-order valence-electron chi connectivity index (χ0n) is 18.6. The molecule has 1 saturated heterocycles. The second-order valence-corrected chi connectivity index (χ2v) is 7.78. The third-order valence-electron chi connectivity index (χ3n) is 5.57. The maximum absolute atomic E-state index is 13.2. The molecule has 2 N–H and O–H groups in total. The number of nitrogens with zero attached hydrogens (tertiary/aromatic N) is 1. The van der Waals surface area contributed by atoms with E-state index >= 15 is 0 Å². The average Bonchev–Trinajstić information content (AvgIpc) is 2.96. The molecule has 0 aliphatic carbocycles. The van der Waals surface area contributed by atoms with Crippen molar-refractivity contribution in [2.75, 3.05) is 39.3 Å². The number of carbonyl (C=O) groups excluding carboxylic acids is 3. The lowest BCUT2D eigenvalue weighted by Gasteiger charge is -2.23. The van der Waals surface area contributed by atoms with Crippen LogP contribution in [0.25, 0.3) is 0 Å². The lowest BCUT2D eigenvalue weighted by Crippen LogP contribution is -2.42. The molecule has 1 fully saturated rings. The third kappa shape index (κ3) is 4.23. The van der Waals surface area contributed by atoms with Crippen molar-refractivity contribution in [3.05, 3.63) is 42.0 Å². The van der Waals surface area contributed by atoms with E-state index < -0.39 is 29.9 Å². The fraction of sp³-hybridized carbons (Fsp3) is 0.348. The van der Waals surface area contributed by atoms with E-state index in [1.165, 1.54) is 14.2 Å². The molecule has 1 atom stereocenters. The highest BCUT2D eigenvalue weighted by Gasteiger charge is 2.49. The highest BCUT2D eigenvalue weighted by Crippen LogP contribution is 2.36. The second kappa shape index (κ2) is 8.89. The Balaban J connectivity index is 1.49. The molecule has 0 unspecified atom stereocenters. The van der Waals surface area contributed by atoms with Crippen molar-refractivity contribution in [1.82, 2.24) is 10.2 Å². The summed E-state index contributed by atoms with van der Waals surface area (Å²) in [5.74, 6) is 0.974. The molecule has 0 saturated carbocycles. The Bertz CT molecular complexity index is 1100. The SMILES string of the molecule is COc1ccc(NC(=O)CN2C(=O)N[C@](C)(c3ccc4c(c3)OCCCO4)C2=O)cc1OC. The number of nitrogens with one attached hydrogen (secondary N) is 2. The largest absolute Gasteiger partial charge is 0.493 e. The van der Waals surface area contributed by atoms with Gasteiger partial charge in [-0.2, -0.15) is 0 Å². The van der Waals surface area contributed by atoms with Crippen LogP contribution in [0.5, 0.6) is 23.0 Å². The van der Waals surface area contributed by atoms with Crippen molar-refractivity contribution in [3.8, 4) is 23.0 Å². The van der Waals surface area contributed by atoms with Crippen LogP contribution in [0.4, 0.5) is 10.5 Å². The minimum absolute atomic E-state index is 0.437. The summed E-state index contributed by atoms with van der Waals surface area (Å²) in [6.07, 6.45) is 0.750. The summed E-state index contributed by atoms with van der Waals surface area (Å²) in [6, 6.07) is 9.32. The number of hydrogen-bond donors (Lipinski definition) is 2. The lowest BCUT2D eigenvalue weighted by molar-refractivity contribution is -0.133. The standard InChI is InChI=1S/C23H25N3O7/c1-23(14-5-7-17-19(11-14)33-10-4-9-32-17)21(28)26(22(29)25-23)13-20(27)24-15-6-8-16(30-2)18(12-15)31-3/h5-8,11-12H,4,9-10,13H2,1-3H3,(H,24,27)(H,25,29)/t23-/m1/s1. The number of benzene rings is 2. The van der Waals surface area contributed by atoms with E-state index in [0.717, 1.165) is 11.3 Å². The fourth-order valence-electron chi connectivity index (χ4n) is 3.77. The van der Waals surface area contributed by atoms with E-state index in [2.05, 4.69) is 10.6 Å². The average molecular weight is 455 g/mol. The van der Waals surface area contributed by atoms with Gasteiger partial charge in [0.15, 0.2) is 23.0 Å². The number of rotatable bonds is 6. The molecule has 10 heteroatoms. The number of imide groups is 1. The van der Waals surface area contributed by atoms with Gasteiger partial charge in [-0.15, -0.1) is 0 Å². The number of anilines is 1. The number of hydrogen-bond acceptors (Lipinski definition) is 7. The predicted octanol–water partition coefficient (Wildman–Crippen LogP) is 2.27. The van der Waals surface area contributed by atoms with E-state index in [-0.39, 0.29) is 0 Å². The van der Waals surface area contributed by atoms with Gasteiger partial charge < -0.3 is 29.6 Å². The number of fused-ring (bicyclic) bond motifs is 1. The maximum Gasteiger partial charge on any atom is 0.325 e. The summed E-state index contributed by atoms with van der Waals surface area (Å²) in [7, 11) is 2.99. The van der Waals surface area contributed by atoms with Crippen LogP contribution in [-0.4, -0.2) is 56.7 Å². The quantitative estimate of drug-likeness (QED) is 0.642. The van der Waals surface area contributed by atoms with Crippen molar-refractivity contribution in [3.63, 3.8) is 0 Å². The summed E-state index contributed by atoms with van der Waals surface area (Å²) in [5, 5.41) is 5.36. The number of methoxy groups -OCH3 is 2. The molecule has 33 heavy (non-hydrogen) atoms. The van der Waals surface area contributed by atoms with Crippen LogP contribution < -0.4 is 29.6 Å². The Labute approximate surface area is 190 Å². The van der Waals surface area contributed by atoms with Crippen LogP contribution in [0, 0.1) is 0 Å². The van der Waals surface area contributed by atoms with Crippen LogP contribution in [0.15, 0.2) is 36.4 Å². The highest BCUT2D eigenvalue weighted by atomic mass is 16.5. The fourth-order valence-corrected chi connectivity index (χ4v) is 3.77. The molecule has 4 amide bonds. The van der Waals surface area contributed by atoms with E-state index in [4.69, 9.17) is 18.9 Å². The van der Waals surface area contributed by atoms with Crippen LogP contribution in [0.2, 0.25) is 0 Å². The molecule has 2 aliphatic heterocycles. The zero-order valence-corrected chi connectivity index (χ0v) is 18.6. The topological polar surface area (TPSA) is 115 Å². The molecule has 10 nitrogen and oxygen atoms in total. The predicted molar refractivity (Wildman–Crippen MR) is 118 cm³/mol. The molecule has 0 aromatic heterocycles. The van der Waals surface area contributed by atoms with Crippen LogP contribution in [0.1, 0.15) is 18.9 Å². The van der Waals surface area contributed by atoms with Gasteiger partial charge in [-0.25, -0.2) is 4.79 Å². The molecule has 4 rings (SSSR count). The molecular weight excluding hydrogens is 430 g/mol. The smallest absolute Gasteiger partial charge is 0.325 e. The summed E-state index contributed by atoms with van der Waals surface area (Å²) in [5.41, 5.74) is -0.367. The van der Waals surface area contributed by atoms with Crippen LogP contribution in [0.3, 0.4) is 0 Å². The van der Waals surface area contributed by atoms with Gasteiger partial charge in [0.1, 0.15) is 12.1 Å². The van der Waals surface area contributed by atoms with Crippen molar-refractivity contribution in [2.24, 2.45) is 0 Å². The number of urea groups is 1. The van der Waals surface area contributed by atoms with Gasteiger partial charge in [-0.3, -0.25) is 14.5 Å². The van der Waals surface area contributed by atoms with Crippen molar-refractivity contribution in [1.29, 1.82) is 0 Å². The summed E-state index contributed by atoms with van der Waals surface area (Å²) in [4.78, 5) is 39.3. The van der Waals surface area contributed by atoms with Crippen LogP contribution in [-0.2, 0) is 15.1 Å². The first kappa shape index (κ1) is 22.3. The highest BCUT2D eigenvalue weighted by molar-refractivity contribution is 6.10. The Kier molecular flexibility index (Phi) is 5.99. The van der Waals surface area contributed by atoms with Gasteiger partial charge in [0.2, 0.25) is 5.91 Å². The van der Waals surface area contributed by atoms with Crippen molar-refractivity contribution >= 4 is 23.5 Å². The maximum atomic E-state index is 13.2. The Morgan fingerprint density at radius 2 is 1.79 bits per heavy atom. The van der Waals surface area contributed by atoms with E-state index in [1.807, 2.05) is 0 Å². The lowest BCUT2D eigenvalue weighted by atomic mass is 9.91. The Morgan fingerprint density at radius 1 is 1.06 bits per heavy atom. The Morgan fingerprint density at radius 3 is 2.52 bits per heavy atom. The third-order valence-corrected chi connectivity index (χ3v) is 5.57. The monoisotopic (exact) mass is 455 g/mol. The minimum Gasteiger partial charge on any atom is -0.493 e. The molecule has 2 heterocycles. The van der Waals surface area contributed by atoms with E-state index in [0.29, 0.717) is 47.5 Å². The minimum atomic E-state index is -1.34. The molecule has 0 radical (unpaired) electrons. The Hall–Kier alpha value is -3.95. The van der Waals surface area contributed by atoms with Crippen LogP contribution >= 0.6 is 0 Å². The number of amides is 4. The zero-order chi connectivity index (χ0) is 23.6. The van der Waals surface area contributed by atoms with Gasteiger partial charge in [0.25, 0.3) is 5.91 Å². The summed E-state index contributed by atoms with van der Waals surface area (Å²) in [6.45, 7) is 2.19. The van der Waals surface area contributed by atoms with Gasteiger partial charge in [0, 0.05) is 18.2 Å². The normalized spacial score (nSPS) is 19.5.